The summed E-state index contributed by atoms with van der Waals surface area (Å²) in [5, 5.41) is 5.96. The van der Waals surface area contributed by atoms with Crippen molar-refractivity contribution in [3.05, 3.63) is 0 Å². The molecule has 2 fully saturated rings. The first kappa shape index (κ1) is 15.1. The van der Waals surface area contributed by atoms with Crippen LogP contribution in [0, 0.1) is 5.92 Å². The third-order valence-corrected chi connectivity index (χ3v) is 4.38. The van der Waals surface area contributed by atoms with E-state index in [9.17, 15) is 9.59 Å². The Balaban J connectivity index is 1.85. The van der Waals surface area contributed by atoms with Crippen molar-refractivity contribution in [1.29, 1.82) is 0 Å². The molecule has 6 heteroatoms. The molecule has 3 amide bonds. The highest BCUT2D eigenvalue weighted by Gasteiger charge is 2.28. The van der Waals surface area contributed by atoms with Gasteiger partial charge in [0, 0.05) is 25.6 Å². The van der Waals surface area contributed by atoms with Crippen molar-refractivity contribution >= 4 is 11.9 Å². The average molecular weight is 282 g/mol. The third kappa shape index (κ3) is 4.37. The summed E-state index contributed by atoms with van der Waals surface area (Å²) in [5.41, 5.74) is 5.12. The predicted octanol–water partition coefficient (Wildman–Crippen LogP) is 0.426. The van der Waals surface area contributed by atoms with Gasteiger partial charge < -0.3 is 21.3 Å². The molecule has 0 aliphatic carbocycles. The minimum absolute atomic E-state index is 0.116. The van der Waals surface area contributed by atoms with Gasteiger partial charge in [0.2, 0.25) is 5.91 Å². The molecule has 0 saturated carbocycles. The highest BCUT2D eigenvalue weighted by Crippen LogP contribution is 2.22. The van der Waals surface area contributed by atoms with Crippen LogP contribution in [0.15, 0.2) is 0 Å². The van der Waals surface area contributed by atoms with Gasteiger partial charge in [0.05, 0.1) is 0 Å². The molecule has 114 valence electrons. The van der Waals surface area contributed by atoms with Crippen LogP contribution < -0.4 is 16.4 Å². The van der Waals surface area contributed by atoms with E-state index in [0.29, 0.717) is 18.9 Å². The Morgan fingerprint density at radius 1 is 1.20 bits per heavy atom. The minimum Gasteiger partial charge on any atom is -0.352 e. The summed E-state index contributed by atoms with van der Waals surface area (Å²) in [6, 6.07) is -0.396. The smallest absolute Gasteiger partial charge is 0.312 e. The Labute approximate surface area is 120 Å². The summed E-state index contributed by atoms with van der Waals surface area (Å²) in [4.78, 5) is 25.3. The summed E-state index contributed by atoms with van der Waals surface area (Å²) in [6.45, 7) is 3.33. The van der Waals surface area contributed by atoms with Gasteiger partial charge in [-0.05, 0) is 51.1 Å². The molecular formula is C14H26N4O2. The van der Waals surface area contributed by atoms with Gasteiger partial charge in [0.15, 0.2) is 0 Å². The summed E-state index contributed by atoms with van der Waals surface area (Å²) < 4.78 is 0. The largest absolute Gasteiger partial charge is 0.352 e. The number of rotatable bonds is 4. The van der Waals surface area contributed by atoms with Gasteiger partial charge in [0.1, 0.15) is 0 Å². The molecule has 1 unspecified atom stereocenters. The molecular weight excluding hydrogens is 256 g/mol. The number of urea groups is 1. The molecule has 0 aromatic rings. The maximum atomic E-state index is 12.5. The molecule has 2 aliphatic heterocycles. The van der Waals surface area contributed by atoms with E-state index in [1.165, 1.54) is 0 Å². The number of nitrogens with zero attached hydrogens (tertiary/aromatic N) is 1. The summed E-state index contributed by atoms with van der Waals surface area (Å²) in [5.74, 6) is 0.753. The van der Waals surface area contributed by atoms with E-state index in [0.717, 1.165) is 51.7 Å². The van der Waals surface area contributed by atoms with Gasteiger partial charge in [-0.2, -0.15) is 0 Å². The van der Waals surface area contributed by atoms with Crippen LogP contribution in [0.3, 0.4) is 0 Å². The van der Waals surface area contributed by atoms with Crippen molar-refractivity contribution in [2.24, 2.45) is 11.7 Å². The van der Waals surface area contributed by atoms with E-state index >= 15 is 0 Å². The molecule has 0 aromatic heterocycles. The number of carbonyl (C=O) groups is 2. The number of hydrogen-bond donors (Lipinski definition) is 3. The molecule has 0 aromatic carbocycles. The monoisotopic (exact) mass is 282 g/mol. The second-order valence-corrected chi connectivity index (χ2v) is 5.88. The van der Waals surface area contributed by atoms with Crippen LogP contribution in [0.4, 0.5) is 4.79 Å². The minimum atomic E-state index is -0.513. The zero-order chi connectivity index (χ0) is 14.4. The lowest BCUT2D eigenvalue weighted by Crippen LogP contribution is -2.50. The fourth-order valence-corrected chi connectivity index (χ4v) is 3.21. The van der Waals surface area contributed by atoms with E-state index in [4.69, 9.17) is 5.73 Å². The molecule has 2 rings (SSSR count). The van der Waals surface area contributed by atoms with Crippen LogP contribution >= 0.6 is 0 Å². The predicted molar refractivity (Wildman–Crippen MR) is 77.1 cm³/mol. The zero-order valence-electron chi connectivity index (χ0n) is 12.1. The highest BCUT2D eigenvalue weighted by molar-refractivity contribution is 5.77. The number of amides is 3. The molecule has 20 heavy (non-hydrogen) atoms. The maximum absolute atomic E-state index is 12.5. The number of hydrogen-bond acceptors (Lipinski definition) is 3. The van der Waals surface area contributed by atoms with Crippen LogP contribution in [-0.4, -0.2) is 49.1 Å². The Hall–Kier alpha value is -1.30. The fraction of sp³-hybridized carbons (Fsp3) is 0.857. The summed E-state index contributed by atoms with van der Waals surface area (Å²) in [6.07, 6.45) is 5.95. The summed E-state index contributed by atoms with van der Waals surface area (Å²) in [7, 11) is 0. The zero-order valence-corrected chi connectivity index (χ0v) is 12.1. The van der Waals surface area contributed by atoms with E-state index in [2.05, 4.69) is 10.6 Å². The molecule has 0 bridgehead atoms. The summed E-state index contributed by atoms with van der Waals surface area (Å²) >= 11 is 0. The Bertz CT molecular complexity index is 342. The molecule has 0 spiro atoms. The van der Waals surface area contributed by atoms with E-state index in [-0.39, 0.29) is 11.9 Å². The number of nitrogens with two attached hydrogens (primary N) is 1. The van der Waals surface area contributed by atoms with Gasteiger partial charge in [-0.1, -0.05) is 0 Å². The average Bonchev–Trinajstić information content (AvgIpc) is 2.46. The highest BCUT2D eigenvalue weighted by atomic mass is 16.2. The Kier molecular flexibility index (Phi) is 5.64. The van der Waals surface area contributed by atoms with E-state index in [1.54, 1.807) is 0 Å². The normalized spacial score (nSPS) is 24.4. The topological polar surface area (TPSA) is 87.5 Å². The third-order valence-electron chi connectivity index (χ3n) is 4.38. The SMILES string of the molecule is NC(=O)NCC1CCCCN1C(=O)CC1CCNCC1. The quantitative estimate of drug-likeness (QED) is 0.698. The molecule has 4 N–H and O–H groups in total. The fourth-order valence-electron chi connectivity index (χ4n) is 3.21. The van der Waals surface area contributed by atoms with Crippen molar-refractivity contribution in [3.63, 3.8) is 0 Å². The van der Waals surface area contributed by atoms with Crippen molar-refractivity contribution in [3.8, 4) is 0 Å². The van der Waals surface area contributed by atoms with Crippen LogP contribution in [0.5, 0.6) is 0 Å². The first-order valence-electron chi connectivity index (χ1n) is 7.70. The first-order chi connectivity index (χ1) is 9.66. The van der Waals surface area contributed by atoms with Gasteiger partial charge in [-0.25, -0.2) is 4.79 Å². The number of likely N-dealkylation sites (tertiary alicyclic amines) is 1. The molecule has 2 saturated heterocycles. The lowest BCUT2D eigenvalue weighted by molar-refractivity contribution is -0.136. The second-order valence-electron chi connectivity index (χ2n) is 5.88. The maximum Gasteiger partial charge on any atom is 0.312 e. The number of piperidine rings is 2. The lowest BCUT2D eigenvalue weighted by atomic mass is 9.93. The molecule has 6 nitrogen and oxygen atoms in total. The lowest BCUT2D eigenvalue weighted by Gasteiger charge is -2.37. The number of carbonyl (C=O) groups excluding carboxylic acids is 2. The van der Waals surface area contributed by atoms with Gasteiger partial charge >= 0.3 is 6.03 Å². The van der Waals surface area contributed by atoms with E-state index < -0.39 is 6.03 Å². The standard InChI is InChI=1S/C14H26N4O2/c15-14(20)17-10-12-3-1-2-8-18(12)13(19)9-11-4-6-16-7-5-11/h11-12,16H,1-10H2,(H3,15,17,20). The Morgan fingerprint density at radius 3 is 2.65 bits per heavy atom. The van der Waals surface area contributed by atoms with Gasteiger partial charge in [-0.3, -0.25) is 4.79 Å². The van der Waals surface area contributed by atoms with Crippen molar-refractivity contribution in [2.45, 2.75) is 44.6 Å². The first-order valence-corrected chi connectivity index (χ1v) is 7.70. The number of nitrogens with one attached hydrogen (secondary N) is 2. The van der Waals surface area contributed by atoms with Crippen LogP contribution in [0.1, 0.15) is 38.5 Å². The van der Waals surface area contributed by atoms with Crippen molar-refractivity contribution in [1.82, 2.24) is 15.5 Å². The van der Waals surface area contributed by atoms with Crippen molar-refractivity contribution in [2.75, 3.05) is 26.2 Å². The Morgan fingerprint density at radius 2 is 1.95 bits per heavy atom. The second kappa shape index (κ2) is 7.47. The molecule has 0 radical (unpaired) electrons. The van der Waals surface area contributed by atoms with Crippen LogP contribution in [0.25, 0.3) is 0 Å². The van der Waals surface area contributed by atoms with Crippen molar-refractivity contribution < 1.29 is 9.59 Å². The van der Waals surface area contributed by atoms with Crippen LogP contribution in [0.2, 0.25) is 0 Å². The molecule has 1 atom stereocenters. The molecule has 2 aliphatic rings. The van der Waals surface area contributed by atoms with Crippen LogP contribution in [-0.2, 0) is 4.79 Å². The number of primary amides is 1. The van der Waals surface area contributed by atoms with Gasteiger partial charge in [-0.15, -0.1) is 0 Å². The van der Waals surface area contributed by atoms with Gasteiger partial charge in [0.25, 0.3) is 0 Å². The van der Waals surface area contributed by atoms with E-state index in [1.807, 2.05) is 4.90 Å². The molecule has 2 heterocycles.